The number of amides is 1. The van der Waals surface area contributed by atoms with E-state index in [0.717, 1.165) is 0 Å². The van der Waals surface area contributed by atoms with Crippen molar-refractivity contribution < 1.29 is 24.2 Å². The number of anilines is 1. The summed E-state index contributed by atoms with van der Waals surface area (Å²) in [6, 6.07) is 8.37. The Morgan fingerprint density at radius 2 is 1.82 bits per heavy atom. The highest BCUT2D eigenvalue weighted by Crippen LogP contribution is 2.31. The van der Waals surface area contributed by atoms with Gasteiger partial charge in [-0.1, -0.05) is 0 Å². The molecular formula is C24H22N4O5. The highest BCUT2D eigenvalue weighted by Gasteiger charge is 2.21. The Morgan fingerprint density at radius 1 is 1.06 bits per heavy atom. The Balaban J connectivity index is 1.82. The van der Waals surface area contributed by atoms with Crippen LogP contribution in [0.25, 0.3) is 22.0 Å². The van der Waals surface area contributed by atoms with Gasteiger partial charge in [0.1, 0.15) is 5.75 Å². The molecule has 4 rings (SSSR count). The maximum atomic E-state index is 13.3. The summed E-state index contributed by atoms with van der Waals surface area (Å²) in [6.45, 7) is 3.04. The van der Waals surface area contributed by atoms with Gasteiger partial charge in [-0.25, -0.2) is 4.79 Å². The molecule has 0 spiro atoms. The van der Waals surface area contributed by atoms with E-state index >= 15 is 0 Å². The zero-order valence-corrected chi connectivity index (χ0v) is 18.5. The number of ether oxygens (including phenoxy) is 1. The fourth-order valence-electron chi connectivity index (χ4n) is 3.77. The summed E-state index contributed by atoms with van der Waals surface area (Å²) in [5.41, 5.74) is 2.99. The fraction of sp³-hybridized carbons (Fsp3) is 0.167. The standard InChI is InChI=1S/C24H22N4O5/c1-13-18(24(31)32)7-15(16-10-25-27(3)11-16)8-21(13)26-23(30)20-12-28(14(2)29)22-6-5-17(33-4)9-19(20)22/h5-12H,1-4H3,(H,26,30)(H,31,32). The quantitative estimate of drug-likeness (QED) is 0.479. The molecule has 0 bridgehead atoms. The molecule has 4 aromatic rings. The van der Waals surface area contributed by atoms with Crippen molar-refractivity contribution in [2.45, 2.75) is 13.8 Å². The number of nitrogens with one attached hydrogen (secondary N) is 1. The van der Waals surface area contributed by atoms with Gasteiger partial charge >= 0.3 is 5.97 Å². The predicted molar refractivity (Wildman–Crippen MR) is 123 cm³/mol. The smallest absolute Gasteiger partial charge is 0.336 e. The summed E-state index contributed by atoms with van der Waals surface area (Å²) in [6.07, 6.45) is 4.85. The molecule has 33 heavy (non-hydrogen) atoms. The van der Waals surface area contributed by atoms with Crippen molar-refractivity contribution in [3.05, 3.63) is 65.6 Å². The molecule has 2 heterocycles. The average molecular weight is 446 g/mol. The number of carboxylic acid groups (broad SMARTS) is 1. The topological polar surface area (TPSA) is 115 Å². The van der Waals surface area contributed by atoms with Crippen LogP contribution < -0.4 is 10.1 Å². The van der Waals surface area contributed by atoms with Crippen molar-refractivity contribution in [2.75, 3.05) is 12.4 Å². The van der Waals surface area contributed by atoms with Gasteiger partial charge in [0, 0.05) is 43.0 Å². The van der Waals surface area contributed by atoms with Gasteiger partial charge in [0.25, 0.3) is 5.91 Å². The van der Waals surface area contributed by atoms with Gasteiger partial charge in [0.15, 0.2) is 0 Å². The third-order valence-corrected chi connectivity index (χ3v) is 5.52. The highest BCUT2D eigenvalue weighted by molar-refractivity contribution is 6.15. The van der Waals surface area contributed by atoms with E-state index in [4.69, 9.17) is 4.74 Å². The van der Waals surface area contributed by atoms with E-state index in [1.807, 2.05) is 0 Å². The molecule has 0 saturated heterocycles. The van der Waals surface area contributed by atoms with E-state index in [9.17, 15) is 19.5 Å². The van der Waals surface area contributed by atoms with Crippen LogP contribution >= 0.6 is 0 Å². The van der Waals surface area contributed by atoms with Crippen LogP contribution in [0.2, 0.25) is 0 Å². The Hall–Kier alpha value is -4.40. The number of carbonyl (C=O) groups excluding carboxylic acids is 2. The van der Waals surface area contributed by atoms with Crippen LogP contribution in [0.4, 0.5) is 5.69 Å². The first-order valence-electron chi connectivity index (χ1n) is 10.1. The van der Waals surface area contributed by atoms with Gasteiger partial charge in [-0.3, -0.25) is 18.8 Å². The minimum atomic E-state index is -1.10. The zero-order valence-electron chi connectivity index (χ0n) is 18.5. The molecule has 0 radical (unpaired) electrons. The first-order valence-corrected chi connectivity index (χ1v) is 10.1. The molecule has 0 unspecified atom stereocenters. The molecule has 9 heteroatoms. The monoisotopic (exact) mass is 446 g/mol. The summed E-state index contributed by atoms with van der Waals surface area (Å²) in [5.74, 6) is -1.28. The van der Waals surface area contributed by atoms with Crippen molar-refractivity contribution in [1.82, 2.24) is 14.3 Å². The van der Waals surface area contributed by atoms with E-state index in [-0.39, 0.29) is 17.0 Å². The lowest BCUT2D eigenvalue weighted by Gasteiger charge is -2.13. The van der Waals surface area contributed by atoms with Crippen molar-refractivity contribution in [3.8, 4) is 16.9 Å². The molecule has 0 fully saturated rings. The third kappa shape index (κ3) is 3.96. The Morgan fingerprint density at radius 3 is 2.42 bits per heavy atom. The molecule has 0 saturated carbocycles. The number of benzene rings is 2. The van der Waals surface area contributed by atoms with Crippen molar-refractivity contribution in [3.63, 3.8) is 0 Å². The molecule has 9 nitrogen and oxygen atoms in total. The SMILES string of the molecule is COc1ccc2c(c1)c(C(=O)Nc1cc(-c3cnn(C)c3)cc(C(=O)O)c1C)cn2C(C)=O. The van der Waals surface area contributed by atoms with Crippen molar-refractivity contribution >= 4 is 34.4 Å². The van der Waals surface area contributed by atoms with Crippen LogP contribution in [0.5, 0.6) is 5.75 Å². The van der Waals surface area contributed by atoms with E-state index in [0.29, 0.717) is 39.0 Å². The van der Waals surface area contributed by atoms with Gasteiger partial charge < -0.3 is 15.2 Å². The number of aromatic carboxylic acids is 1. The van der Waals surface area contributed by atoms with E-state index in [1.54, 1.807) is 61.4 Å². The Bertz CT molecular complexity index is 1430. The largest absolute Gasteiger partial charge is 0.497 e. The Labute approximate surface area is 189 Å². The summed E-state index contributed by atoms with van der Waals surface area (Å²) in [4.78, 5) is 37.3. The number of aryl methyl sites for hydroxylation is 1. The first kappa shape index (κ1) is 21.8. The molecule has 0 atom stereocenters. The van der Waals surface area contributed by atoms with Gasteiger partial charge in [0.2, 0.25) is 5.91 Å². The molecular weight excluding hydrogens is 424 g/mol. The third-order valence-electron chi connectivity index (χ3n) is 5.52. The number of aromatic nitrogens is 3. The lowest BCUT2D eigenvalue weighted by atomic mass is 9.99. The molecule has 168 valence electrons. The number of methoxy groups -OCH3 is 1. The van der Waals surface area contributed by atoms with E-state index < -0.39 is 11.9 Å². The van der Waals surface area contributed by atoms with Crippen LogP contribution in [0.15, 0.2) is 48.9 Å². The fourth-order valence-corrected chi connectivity index (χ4v) is 3.77. The highest BCUT2D eigenvalue weighted by atomic mass is 16.5. The van der Waals surface area contributed by atoms with Gasteiger partial charge in [-0.2, -0.15) is 5.10 Å². The number of fused-ring (bicyclic) bond motifs is 1. The summed E-state index contributed by atoms with van der Waals surface area (Å²) < 4.78 is 8.28. The maximum Gasteiger partial charge on any atom is 0.336 e. The Kier molecular flexibility index (Phi) is 5.47. The van der Waals surface area contributed by atoms with Crippen molar-refractivity contribution in [2.24, 2.45) is 7.05 Å². The maximum absolute atomic E-state index is 13.3. The average Bonchev–Trinajstić information content (AvgIpc) is 3.38. The predicted octanol–water partition coefficient (Wildman–Crippen LogP) is 3.97. The van der Waals surface area contributed by atoms with Crippen molar-refractivity contribution in [1.29, 1.82) is 0 Å². The second-order valence-electron chi connectivity index (χ2n) is 7.67. The molecule has 0 aliphatic heterocycles. The lowest BCUT2D eigenvalue weighted by Crippen LogP contribution is -2.14. The molecule has 2 N–H and O–H groups in total. The minimum Gasteiger partial charge on any atom is -0.497 e. The molecule has 0 aliphatic carbocycles. The summed E-state index contributed by atoms with van der Waals surface area (Å²) in [5, 5.41) is 17.2. The number of hydrogen-bond donors (Lipinski definition) is 2. The van der Waals surface area contributed by atoms with E-state index in [1.165, 1.54) is 24.8 Å². The number of carboxylic acids is 1. The molecule has 2 aromatic carbocycles. The van der Waals surface area contributed by atoms with Crippen LogP contribution in [0.1, 0.15) is 38.0 Å². The minimum absolute atomic E-state index is 0.0690. The van der Waals surface area contributed by atoms with Crippen LogP contribution in [-0.2, 0) is 7.05 Å². The second-order valence-corrected chi connectivity index (χ2v) is 7.67. The van der Waals surface area contributed by atoms with Crippen LogP contribution in [0, 0.1) is 6.92 Å². The number of carbonyl (C=O) groups is 3. The molecule has 0 aliphatic rings. The van der Waals surface area contributed by atoms with Gasteiger partial charge in [-0.05, 0) is 48.4 Å². The second kappa shape index (κ2) is 8.27. The lowest BCUT2D eigenvalue weighted by molar-refractivity contribution is 0.0695. The normalized spacial score (nSPS) is 10.9. The van der Waals surface area contributed by atoms with Crippen LogP contribution in [0.3, 0.4) is 0 Å². The van der Waals surface area contributed by atoms with Gasteiger partial charge in [-0.15, -0.1) is 0 Å². The number of rotatable bonds is 5. The number of hydrogen-bond acceptors (Lipinski definition) is 5. The van der Waals surface area contributed by atoms with E-state index in [2.05, 4.69) is 10.4 Å². The van der Waals surface area contributed by atoms with Crippen LogP contribution in [-0.4, -0.2) is 44.3 Å². The van der Waals surface area contributed by atoms with Gasteiger partial charge in [0.05, 0.1) is 30.0 Å². The zero-order chi connectivity index (χ0) is 23.9. The first-order chi connectivity index (χ1) is 15.7. The summed E-state index contributed by atoms with van der Waals surface area (Å²) in [7, 11) is 3.28. The number of nitrogens with zero attached hydrogens (tertiary/aromatic N) is 3. The molecule has 2 aromatic heterocycles. The summed E-state index contributed by atoms with van der Waals surface area (Å²) >= 11 is 0. The molecule has 1 amide bonds.